The molecule has 1 unspecified atom stereocenters. The molecule has 1 heterocycles. The van der Waals surface area contributed by atoms with Gasteiger partial charge in [0.2, 0.25) is 0 Å². The highest BCUT2D eigenvalue weighted by atomic mass is 79.9. The highest BCUT2D eigenvalue weighted by Crippen LogP contribution is 2.16. The van der Waals surface area contributed by atoms with Gasteiger partial charge in [-0.25, -0.2) is 0 Å². The highest BCUT2D eigenvalue weighted by molar-refractivity contribution is 9.10. The molecule has 0 saturated carbocycles. The lowest BCUT2D eigenvalue weighted by Gasteiger charge is -2.31. The predicted molar refractivity (Wildman–Crippen MR) is 78.5 cm³/mol. The van der Waals surface area contributed by atoms with Crippen molar-refractivity contribution in [3.8, 4) is 0 Å². The summed E-state index contributed by atoms with van der Waals surface area (Å²) in [5.41, 5.74) is 1.35. The summed E-state index contributed by atoms with van der Waals surface area (Å²) in [5.74, 6) is 0. The van der Waals surface area contributed by atoms with Crippen LogP contribution in [0.1, 0.15) is 37.7 Å². The summed E-state index contributed by atoms with van der Waals surface area (Å²) in [6.45, 7) is 2.14. The average molecular weight is 312 g/mol. The highest BCUT2D eigenvalue weighted by Gasteiger charge is 2.17. The first-order valence-corrected chi connectivity index (χ1v) is 7.71. The number of hydrogen-bond acceptors (Lipinski definition) is 2. The summed E-state index contributed by atoms with van der Waals surface area (Å²) in [7, 11) is 0. The van der Waals surface area contributed by atoms with E-state index in [-0.39, 0.29) is 6.23 Å². The minimum absolute atomic E-state index is 0.235. The molecule has 1 saturated heterocycles. The number of benzene rings is 1. The Morgan fingerprint density at radius 3 is 2.44 bits per heavy atom. The minimum atomic E-state index is -0.235. The van der Waals surface area contributed by atoms with Crippen molar-refractivity contribution in [2.75, 3.05) is 13.1 Å². The van der Waals surface area contributed by atoms with Crippen LogP contribution in [0.4, 0.5) is 0 Å². The lowest BCUT2D eigenvalue weighted by atomic mass is 10.1. The number of hydrogen-bond donors (Lipinski definition) is 1. The largest absolute Gasteiger partial charge is 0.378 e. The maximum absolute atomic E-state index is 10.1. The molecule has 18 heavy (non-hydrogen) atoms. The SMILES string of the molecule is OC(CCCc1ccc(Br)cc1)N1CCCCC1. The van der Waals surface area contributed by atoms with E-state index in [0.717, 1.165) is 36.8 Å². The first-order valence-electron chi connectivity index (χ1n) is 6.92. The van der Waals surface area contributed by atoms with Gasteiger partial charge in [0.25, 0.3) is 0 Å². The smallest absolute Gasteiger partial charge is 0.107 e. The second-order valence-corrected chi connectivity index (χ2v) is 6.01. The fourth-order valence-electron chi connectivity index (χ4n) is 2.54. The number of rotatable bonds is 5. The summed E-state index contributed by atoms with van der Waals surface area (Å²) < 4.78 is 1.12. The standard InChI is InChI=1S/C15H22BrNO/c16-14-9-7-13(8-10-14)5-4-6-15(18)17-11-2-1-3-12-17/h7-10,15,18H,1-6,11-12H2. The quantitative estimate of drug-likeness (QED) is 0.898. The van der Waals surface area contributed by atoms with Crippen molar-refractivity contribution >= 4 is 15.9 Å². The van der Waals surface area contributed by atoms with Crippen LogP contribution in [0.2, 0.25) is 0 Å². The Balaban J connectivity index is 1.69. The lowest BCUT2D eigenvalue weighted by Crippen LogP contribution is -2.39. The Morgan fingerprint density at radius 1 is 1.11 bits per heavy atom. The summed E-state index contributed by atoms with van der Waals surface area (Å²) in [4.78, 5) is 2.23. The fourth-order valence-corrected chi connectivity index (χ4v) is 2.80. The van der Waals surface area contributed by atoms with Crippen molar-refractivity contribution in [1.29, 1.82) is 0 Å². The molecule has 0 radical (unpaired) electrons. The maximum atomic E-state index is 10.1. The topological polar surface area (TPSA) is 23.5 Å². The number of likely N-dealkylation sites (tertiary alicyclic amines) is 1. The maximum Gasteiger partial charge on any atom is 0.107 e. The van der Waals surface area contributed by atoms with Crippen molar-refractivity contribution in [3.63, 3.8) is 0 Å². The van der Waals surface area contributed by atoms with Gasteiger partial charge in [-0.1, -0.05) is 34.5 Å². The number of aliphatic hydroxyl groups is 1. The Hall–Kier alpha value is -0.380. The van der Waals surface area contributed by atoms with E-state index in [1.807, 2.05) is 0 Å². The predicted octanol–water partition coefficient (Wildman–Crippen LogP) is 3.58. The Kier molecular flexibility index (Phi) is 5.67. The van der Waals surface area contributed by atoms with E-state index >= 15 is 0 Å². The van der Waals surface area contributed by atoms with Crippen LogP contribution in [-0.4, -0.2) is 29.3 Å². The molecule has 100 valence electrons. The molecule has 0 bridgehead atoms. The van der Waals surface area contributed by atoms with Gasteiger partial charge >= 0.3 is 0 Å². The van der Waals surface area contributed by atoms with E-state index in [1.165, 1.54) is 24.8 Å². The van der Waals surface area contributed by atoms with Gasteiger partial charge < -0.3 is 5.11 Å². The first kappa shape index (κ1) is 14.0. The lowest BCUT2D eigenvalue weighted by molar-refractivity contribution is -0.0144. The molecule has 1 aromatic carbocycles. The molecule has 0 amide bonds. The van der Waals surface area contributed by atoms with Gasteiger partial charge in [-0.3, -0.25) is 4.90 Å². The summed E-state index contributed by atoms with van der Waals surface area (Å²) >= 11 is 3.44. The molecule has 1 aliphatic heterocycles. The Morgan fingerprint density at radius 2 is 1.78 bits per heavy atom. The van der Waals surface area contributed by atoms with E-state index in [4.69, 9.17) is 0 Å². The Bertz CT molecular complexity index is 346. The monoisotopic (exact) mass is 311 g/mol. The number of aliphatic hydroxyl groups excluding tert-OH is 1. The van der Waals surface area contributed by atoms with Crippen LogP contribution in [0.5, 0.6) is 0 Å². The zero-order valence-electron chi connectivity index (χ0n) is 10.8. The van der Waals surface area contributed by atoms with Gasteiger partial charge in [-0.15, -0.1) is 0 Å². The van der Waals surface area contributed by atoms with E-state index in [0.29, 0.717) is 0 Å². The number of halogens is 1. The second kappa shape index (κ2) is 7.27. The van der Waals surface area contributed by atoms with Crippen LogP contribution in [0.3, 0.4) is 0 Å². The molecule has 3 heteroatoms. The number of piperidine rings is 1. The van der Waals surface area contributed by atoms with Crippen LogP contribution >= 0.6 is 15.9 Å². The van der Waals surface area contributed by atoms with Crippen molar-refractivity contribution in [2.24, 2.45) is 0 Å². The van der Waals surface area contributed by atoms with E-state index in [1.54, 1.807) is 0 Å². The van der Waals surface area contributed by atoms with Crippen molar-refractivity contribution in [2.45, 2.75) is 44.8 Å². The minimum Gasteiger partial charge on any atom is -0.378 e. The van der Waals surface area contributed by atoms with Crippen LogP contribution in [0.25, 0.3) is 0 Å². The van der Waals surface area contributed by atoms with Crippen LogP contribution < -0.4 is 0 Å². The zero-order valence-corrected chi connectivity index (χ0v) is 12.4. The fraction of sp³-hybridized carbons (Fsp3) is 0.600. The molecular formula is C15H22BrNO. The molecule has 2 nitrogen and oxygen atoms in total. The number of nitrogens with zero attached hydrogens (tertiary/aromatic N) is 1. The third kappa shape index (κ3) is 4.38. The van der Waals surface area contributed by atoms with Gasteiger partial charge in [-0.2, -0.15) is 0 Å². The second-order valence-electron chi connectivity index (χ2n) is 5.10. The van der Waals surface area contributed by atoms with Gasteiger partial charge in [-0.05, 0) is 49.8 Å². The third-order valence-corrected chi connectivity index (χ3v) is 4.18. The average Bonchev–Trinajstić information content (AvgIpc) is 2.42. The van der Waals surface area contributed by atoms with Gasteiger partial charge in [0.1, 0.15) is 6.23 Å². The van der Waals surface area contributed by atoms with E-state index in [2.05, 4.69) is 45.1 Å². The van der Waals surface area contributed by atoms with Crippen LogP contribution in [-0.2, 0) is 6.42 Å². The summed E-state index contributed by atoms with van der Waals surface area (Å²) in [5, 5.41) is 10.1. The molecule has 0 spiro atoms. The van der Waals surface area contributed by atoms with Gasteiger partial charge in [0.05, 0.1) is 0 Å². The first-order chi connectivity index (χ1) is 8.75. The molecule has 1 fully saturated rings. The normalized spacial score (nSPS) is 18.8. The van der Waals surface area contributed by atoms with Crippen molar-refractivity contribution in [3.05, 3.63) is 34.3 Å². The van der Waals surface area contributed by atoms with Crippen molar-refractivity contribution in [1.82, 2.24) is 4.90 Å². The number of aryl methyl sites for hydroxylation is 1. The van der Waals surface area contributed by atoms with Crippen molar-refractivity contribution < 1.29 is 5.11 Å². The third-order valence-electron chi connectivity index (χ3n) is 3.65. The molecule has 1 N–H and O–H groups in total. The molecular weight excluding hydrogens is 290 g/mol. The zero-order chi connectivity index (χ0) is 12.8. The van der Waals surface area contributed by atoms with Crippen LogP contribution in [0.15, 0.2) is 28.7 Å². The summed E-state index contributed by atoms with van der Waals surface area (Å²) in [6.07, 6.45) is 6.56. The molecule has 0 aliphatic carbocycles. The molecule has 2 rings (SSSR count). The van der Waals surface area contributed by atoms with E-state index < -0.39 is 0 Å². The van der Waals surface area contributed by atoms with Gasteiger partial charge in [0, 0.05) is 17.6 Å². The molecule has 1 atom stereocenters. The van der Waals surface area contributed by atoms with Gasteiger partial charge in [0.15, 0.2) is 0 Å². The molecule has 0 aromatic heterocycles. The summed E-state index contributed by atoms with van der Waals surface area (Å²) in [6, 6.07) is 8.46. The Labute approximate surface area is 118 Å². The molecule has 1 aliphatic rings. The van der Waals surface area contributed by atoms with E-state index in [9.17, 15) is 5.11 Å². The molecule has 1 aromatic rings. The van der Waals surface area contributed by atoms with Crippen LogP contribution in [0, 0.1) is 0 Å².